The van der Waals surface area contributed by atoms with E-state index < -0.39 is 0 Å². The molecule has 3 rings (SSSR count). The molecule has 2 aliphatic rings. The summed E-state index contributed by atoms with van der Waals surface area (Å²) in [5.41, 5.74) is 0.666. The van der Waals surface area contributed by atoms with Crippen molar-refractivity contribution in [1.29, 1.82) is 0 Å². The minimum atomic E-state index is -0.331. The lowest BCUT2D eigenvalue weighted by Crippen LogP contribution is -2.39. The van der Waals surface area contributed by atoms with Crippen LogP contribution < -0.4 is 5.32 Å². The number of hydrogen-bond acceptors (Lipinski definition) is 1. The monoisotopic (exact) mass is 279 g/mol. The summed E-state index contributed by atoms with van der Waals surface area (Å²) in [6.07, 6.45) is 9.15. The second-order valence-corrected chi connectivity index (χ2v) is 6.63. The molecular formula is C17H23F2N. The third-order valence-corrected chi connectivity index (χ3v) is 4.83. The van der Waals surface area contributed by atoms with Gasteiger partial charge in [0, 0.05) is 12.6 Å². The summed E-state index contributed by atoms with van der Waals surface area (Å²) in [6, 6.07) is 4.51. The number of nitrogens with one attached hydrogen (secondary N) is 1. The molecule has 20 heavy (non-hydrogen) atoms. The molecule has 0 bridgehead atoms. The van der Waals surface area contributed by atoms with Crippen molar-refractivity contribution in [1.82, 2.24) is 5.32 Å². The lowest BCUT2D eigenvalue weighted by molar-refractivity contribution is 0.178. The van der Waals surface area contributed by atoms with Crippen LogP contribution in [-0.4, -0.2) is 12.6 Å². The molecule has 0 aliphatic heterocycles. The Morgan fingerprint density at radius 1 is 1.10 bits per heavy atom. The normalized spacial score (nSPS) is 21.9. The van der Waals surface area contributed by atoms with Crippen molar-refractivity contribution in [3.63, 3.8) is 0 Å². The molecule has 1 aromatic carbocycles. The number of hydrogen-bond donors (Lipinski definition) is 1. The van der Waals surface area contributed by atoms with Gasteiger partial charge in [-0.3, -0.25) is 0 Å². The molecule has 0 aromatic heterocycles. The van der Waals surface area contributed by atoms with Crippen molar-refractivity contribution < 1.29 is 8.78 Å². The lowest BCUT2D eigenvalue weighted by Gasteiger charge is -2.38. The van der Waals surface area contributed by atoms with Gasteiger partial charge in [0.2, 0.25) is 0 Å². The van der Waals surface area contributed by atoms with E-state index >= 15 is 0 Å². The Morgan fingerprint density at radius 2 is 1.85 bits per heavy atom. The molecule has 3 heteroatoms. The largest absolute Gasteiger partial charge is 0.313 e. The van der Waals surface area contributed by atoms with Gasteiger partial charge in [0.05, 0.1) is 0 Å². The van der Waals surface area contributed by atoms with Gasteiger partial charge in [-0.15, -0.1) is 0 Å². The van der Waals surface area contributed by atoms with E-state index in [-0.39, 0.29) is 17.0 Å². The summed E-state index contributed by atoms with van der Waals surface area (Å²) in [4.78, 5) is 0. The van der Waals surface area contributed by atoms with Crippen LogP contribution in [0.15, 0.2) is 18.2 Å². The molecule has 0 saturated heterocycles. The standard InChI is InChI=1S/C17H23F2N/c18-14-4-7-16(19)13(10-14)11-17(8-2-1-3-9-17)12-20-15-5-6-15/h4,7,10,15,20H,1-3,5-6,8-9,11-12H2. The van der Waals surface area contributed by atoms with Gasteiger partial charge < -0.3 is 5.32 Å². The molecule has 0 heterocycles. The topological polar surface area (TPSA) is 12.0 Å². The van der Waals surface area contributed by atoms with Gasteiger partial charge in [0.1, 0.15) is 11.6 Å². The number of halogens is 2. The Kier molecular flexibility index (Phi) is 4.06. The van der Waals surface area contributed by atoms with Crippen molar-refractivity contribution >= 4 is 0 Å². The van der Waals surface area contributed by atoms with Gasteiger partial charge in [-0.25, -0.2) is 8.78 Å². The molecule has 1 aromatic rings. The Labute approximate surface area is 119 Å². The van der Waals surface area contributed by atoms with E-state index in [0.29, 0.717) is 18.0 Å². The molecule has 1 N–H and O–H groups in total. The zero-order chi connectivity index (χ0) is 14.0. The van der Waals surface area contributed by atoms with Crippen LogP contribution in [0.1, 0.15) is 50.5 Å². The van der Waals surface area contributed by atoms with Gasteiger partial charge in [-0.05, 0) is 61.3 Å². The third kappa shape index (κ3) is 3.38. The molecular weight excluding hydrogens is 256 g/mol. The van der Waals surface area contributed by atoms with Crippen molar-refractivity contribution in [2.45, 2.75) is 57.4 Å². The van der Waals surface area contributed by atoms with E-state index in [1.54, 1.807) is 0 Å². The van der Waals surface area contributed by atoms with Crippen molar-refractivity contribution in [2.24, 2.45) is 5.41 Å². The van der Waals surface area contributed by atoms with Crippen LogP contribution in [0.4, 0.5) is 8.78 Å². The fourth-order valence-electron chi connectivity index (χ4n) is 3.45. The van der Waals surface area contributed by atoms with Crippen molar-refractivity contribution in [3.8, 4) is 0 Å². The highest BCUT2D eigenvalue weighted by atomic mass is 19.1. The third-order valence-electron chi connectivity index (χ3n) is 4.83. The Balaban J connectivity index is 1.75. The van der Waals surface area contributed by atoms with Gasteiger partial charge in [0.25, 0.3) is 0 Å². The van der Waals surface area contributed by atoms with Crippen molar-refractivity contribution in [3.05, 3.63) is 35.4 Å². The maximum absolute atomic E-state index is 13.9. The average Bonchev–Trinajstić information content (AvgIpc) is 3.26. The predicted octanol–water partition coefficient (Wildman–Crippen LogP) is 4.21. The van der Waals surface area contributed by atoms with Gasteiger partial charge >= 0.3 is 0 Å². The molecule has 110 valence electrons. The van der Waals surface area contributed by atoms with Gasteiger partial charge in [-0.1, -0.05) is 19.3 Å². The first-order valence-corrected chi connectivity index (χ1v) is 7.84. The van der Waals surface area contributed by atoms with Crippen LogP contribution in [0.2, 0.25) is 0 Å². The van der Waals surface area contributed by atoms with E-state index in [2.05, 4.69) is 5.32 Å². The highest BCUT2D eigenvalue weighted by molar-refractivity contribution is 5.20. The molecule has 2 aliphatic carbocycles. The minimum absolute atomic E-state index is 0.121. The second-order valence-electron chi connectivity index (χ2n) is 6.63. The zero-order valence-electron chi connectivity index (χ0n) is 11.9. The minimum Gasteiger partial charge on any atom is -0.313 e. The predicted molar refractivity (Wildman–Crippen MR) is 76.6 cm³/mol. The van der Waals surface area contributed by atoms with Crippen molar-refractivity contribution in [2.75, 3.05) is 6.54 Å². The molecule has 0 radical (unpaired) electrons. The van der Waals surface area contributed by atoms with Crippen LogP contribution in [0.5, 0.6) is 0 Å². The van der Waals surface area contributed by atoms with E-state index in [1.165, 1.54) is 50.3 Å². The highest BCUT2D eigenvalue weighted by Gasteiger charge is 2.34. The first-order chi connectivity index (χ1) is 9.67. The Hall–Kier alpha value is -0.960. The van der Waals surface area contributed by atoms with E-state index in [9.17, 15) is 8.78 Å². The summed E-state index contributed by atoms with van der Waals surface area (Å²) in [5.74, 6) is -0.592. The summed E-state index contributed by atoms with van der Waals surface area (Å²) in [5, 5.41) is 3.61. The summed E-state index contributed by atoms with van der Waals surface area (Å²) < 4.78 is 27.3. The van der Waals surface area contributed by atoms with Crippen LogP contribution in [-0.2, 0) is 6.42 Å². The summed E-state index contributed by atoms with van der Waals surface area (Å²) in [7, 11) is 0. The zero-order valence-corrected chi connectivity index (χ0v) is 11.9. The van der Waals surface area contributed by atoms with E-state index in [1.807, 2.05) is 0 Å². The molecule has 1 nitrogen and oxygen atoms in total. The van der Waals surface area contributed by atoms with E-state index in [4.69, 9.17) is 0 Å². The molecule has 2 fully saturated rings. The maximum Gasteiger partial charge on any atom is 0.126 e. The molecule has 0 atom stereocenters. The lowest BCUT2D eigenvalue weighted by atomic mass is 9.70. The van der Waals surface area contributed by atoms with Crippen LogP contribution in [0, 0.1) is 17.0 Å². The second kappa shape index (κ2) is 5.80. The first-order valence-electron chi connectivity index (χ1n) is 7.84. The van der Waals surface area contributed by atoms with Crippen LogP contribution in [0.25, 0.3) is 0 Å². The van der Waals surface area contributed by atoms with E-state index in [0.717, 1.165) is 19.4 Å². The van der Waals surface area contributed by atoms with Gasteiger partial charge in [0.15, 0.2) is 0 Å². The van der Waals surface area contributed by atoms with Crippen LogP contribution >= 0.6 is 0 Å². The maximum atomic E-state index is 13.9. The molecule has 0 amide bonds. The smallest absolute Gasteiger partial charge is 0.126 e. The molecule has 2 saturated carbocycles. The fourth-order valence-corrected chi connectivity index (χ4v) is 3.45. The first kappa shape index (κ1) is 14.0. The Morgan fingerprint density at radius 3 is 2.55 bits per heavy atom. The number of rotatable bonds is 5. The SMILES string of the molecule is Fc1ccc(F)c(CC2(CNC3CC3)CCCCC2)c1. The Bertz CT molecular complexity index is 462. The average molecular weight is 279 g/mol. The van der Waals surface area contributed by atoms with Gasteiger partial charge in [-0.2, -0.15) is 0 Å². The molecule has 0 spiro atoms. The van der Waals surface area contributed by atoms with Crippen LogP contribution in [0.3, 0.4) is 0 Å². The molecule has 0 unspecified atom stereocenters. The highest BCUT2D eigenvalue weighted by Crippen LogP contribution is 2.40. The quantitative estimate of drug-likeness (QED) is 0.851. The fraction of sp³-hybridized carbons (Fsp3) is 0.647. The number of benzene rings is 1. The summed E-state index contributed by atoms with van der Waals surface area (Å²) in [6.45, 7) is 0.952. The summed E-state index contributed by atoms with van der Waals surface area (Å²) >= 11 is 0.